The third kappa shape index (κ3) is 2.57. The molecule has 1 aromatic carbocycles. The molecule has 108 valence electrons. The Morgan fingerprint density at radius 3 is 2.71 bits per heavy atom. The Kier molecular flexibility index (Phi) is 3.10. The lowest BCUT2D eigenvalue weighted by Crippen LogP contribution is -2.30. The summed E-state index contributed by atoms with van der Waals surface area (Å²) in [6.45, 7) is 3.82. The van der Waals surface area contributed by atoms with Gasteiger partial charge in [0.2, 0.25) is 5.89 Å². The largest absolute Gasteiger partial charge is 0.337 e. The van der Waals surface area contributed by atoms with E-state index in [4.69, 9.17) is 10.3 Å². The molecule has 0 fully saturated rings. The molecular formula is C15H16N4O2. The molecule has 0 aliphatic rings. The molecule has 0 amide bonds. The first-order valence-corrected chi connectivity index (χ1v) is 6.66. The number of hydrogen-bond donors (Lipinski definition) is 1. The molecule has 6 nitrogen and oxygen atoms in total. The molecule has 0 atom stereocenters. The molecule has 2 aromatic heterocycles. The Labute approximate surface area is 121 Å². The number of hydrogen-bond acceptors (Lipinski definition) is 5. The van der Waals surface area contributed by atoms with Crippen LogP contribution in [0.5, 0.6) is 0 Å². The molecule has 21 heavy (non-hydrogen) atoms. The summed E-state index contributed by atoms with van der Waals surface area (Å²) >= 11 is 0. The van der Waals surface area contributed by atoms with Crippen LogP contribution in [0.3, 0.4) is 0 Å². The monoisotopic (exact) mass is 284 g/mol. The Morgan fingerprint density at radius 1 is 1.24 bits per heavy atom. The van der Waals surface area contributed by atoms with Gasteiger partial charge < -0.3 is 10.3 Å². The van der Waals surface area contributed by atoms with Gasteiger partial charge in [0, 0.05) is 6.07 Å². The molecule has 0 aliphatic heterocycles. The van der Waals surface area contributed by atoms with Gasteiger partial charge in [-0.1, -0.05) is 23.4 Å². The third-order valence-corrected chi connectivity index (χ3v) is 3.24. The fraction of sp³-hybridized carbons (Fsp3) is 0.267. The molecule has 3 aromatic rings. The zero-order valence-corrected chi connectivity index (χ0v) is 11.9. The molecule has 0 saturated carbocycles. The summed E-state index contributed by atoms with van der Waals surface area (Å²) in [5.74, 6) is 0.785. The topological polar surface area (TPSA) is 86.9 Å². The summed E-state index contributed by atoms with van der Waals surface area (Å²) in [5, 5.41) is 4.85. The molecule has 2 heterocycles. The quantitative estimate of drug-likeness (QED) is 0.789. The number of nitrogens with two attached hydrogens (primary N) is 1. The van der Waals surface area contributed by atoms with Crippen LogP contribution < -0.4 is 11.3 Å². The zero-order chi connectivity index (χ0) is 15.0. The summed E-state index contributed by atoms with van der Waals surface area (Å²) in [6.07, 6.45) is 0. The first-order valence-electron chi connectivity index (χ1n) is 6.66. The van der Waals surface area contributed by atoms with Gasteiger partial charge in [-0.25, -0.2) is 0 Å². The average Bonchev–Trinajstić information content (AvgIpc) is 2.91. The second-order valence-corrected chi connectivity index (χ2v) is 5.55. The van der Waals surface area contributed by atoms with Gasteiger partial charge >= 0.3 is 0 Å². The zero-order valence-electron chi connectivity index (χ0n) is 11.9. The Morgan fingerprint density at radius 2 is 2.00 bits per heavy atom. The number of nitrogens with zero attached hydrogens (tertiary/aromatic N) is 3. The first-order chi connectivity index (χ1) is 9.95. The maximum Gasteiger partial charge on any atom is 0.251 e. The van der Waals surface area contributed by atoms with Gasteiger partial charge in [0.1, 0.15) is 6.54 Å². The lowest BCUT2D eigenvalue weighted by molar-refractivity contribution is 0.355. The second-order valence-electron chi connectivity index (χ2n) is 5.55. The number of rotatable bonds is 3. The predicted molar refractivity (Wildman–Crippen MR) is 78.8 cm³/mol. The molecule has 0 spiro atoms. The minimum absolute atomic E-state index is 0.111. The van der Waals surface area contributed by atoms with E-state index in [0.717, 1.165) is 10.9 Å². The van der Waals surface area contributed by atoms with E-state index < -0.39 is 5.54 Å². The fourth-order valence-electron chi connectivity index (χ4n) is 2.12. The van der Waals surface area contributed by atoms with Crippen LogP contribution in [0.4, 0.5) is 0 Å². The molecule has 3 rings (SSSR count). The lowest BCUT2D eigenvalue weighted by Gasteiger charge is -2.11. The summed E-state index contributed by atoms with van der Waals surface area (Å²) in [4.78, 5) is 16.4. The van der Waals surface area contributed by atoms with E-state index in [1.165, 1.54) is 6.07 Å². The highest BCUT2D eigenvalue weighted by Crippen LogP contribution is 2.15. The van der Waals surface area contributed by atoms with Crippen molar-refractivity contribution >= 4 is 10.9 Å². The number of fused-ring (bicyclic) bond motifs is 1. The van der Waals surface area contributed by atoms with Crippen molar-refractivity contribution in [2.75, 3.05) is 0 Å². The molecule has 0 radical (unpaired) electrons. The van der Waals surface area contributed by atoms with Crippen LogP contribution in [-0.2, 0) is 12.1 Å². The van der Waals surface area contributed by atoms with Crippen molar-refractivity contribution in [3.8, 4) is 0 Å². The smallest absolute Gasteiger partial charge is 0.251 e. The summed E-state index contributed by atoms with van der Waals surface area (Å²) in [7, 11) is 0. The van der Waals surface area contributed by atoms with E-state index in [1.54, 1.807) is 24.5 Å². The minimum atomic E-state index is -0.675. The van der Waals surface area contributed by atoms with Gasteiger partial charge in [-0.2, -0.15) is 4.98 Å². The van der Waals surface area contributed by atoms with Crippen molar-refractivity contribution in [1.29, 1.82) is 0 Å². The molecule has 2 N–H and O–H groups in total. The molecule has 0 aliphatic carbocycles. The van der Waals surface area contributed by atoms with E-state index in [1.807, 2.05) is 24.3 Å². The highest BCUT2D eigenvalue weighted by atomic mass is 16.5. The van der Waals surface area contributed by atoms with Crippen LogP contribution in [0.25, 0.3) is 10.9 Å². The van der Waals surface area contributed by atoms with Crippen LogP contribution in [0.2, 0.25) is 0 Å². The first kappa shape index (κ1) is 13.5. The molecular weight excluding hydrogens is 268 g/mol. The van der Waals surface area contributed by atoms with E-state index in [0.29, 0.717) is 11.7 Å². The van der Waals surface area contributed by atoms with Crippen LogP contribution in [0, 0.1) is 0 Å². The standard InChI is InChI=1S/C15H16N4O2/c1-15(2,16)14-17-12(21-18-14)9-19-11-6-4-3-5-10(11)7-8-13(19)20/h3-8H,9,16H2,1-2H3. The van der Waals surface area contributed by atoms with Gasteiger partial charge in [0.25, 0.3) is 5.56 Å². The van der Waals surface area contributed by atoms with E-state index >= 15 is 0 Å². The van der Waals surface area contributed by atoms with Crippen LogP contribution >= 0.6 is 0 Å². The highest BCUT2D eigenvalue weighted by molar-refractivity contribution is 5.78. The van der Waals surface area contributed by atoms with Crippen molar-refractivity contribution < 1.29 is 4.52 Å². The van der Waals surface area contributed by atoms with Gasteiger partial charge in [-0.3, -0.25) is 9.36 Å². The number of pyridine rings is 1. The average molecular weight is 284 g/mol. The second kappa shape index (κ2) is 4.82. The van der Waals surface area contributed by atoms with E-state index in [-0.39, 0.29) is 12.1 Å². The van der Waals surface area contributed by atoms with Crippen LogP contribution in [-0.4, -0.2) is 14.7 Å². The number of benzene rings is 1. The van der Waals surface area contributed by atoms with Crippen LogP contribution in [0.1, 0.15) is 25.6 Å². The van der Waals surface area contributed by atoms with Crippen molar-refractivity contribution in [3.05, 3.63) is 58.5 Å². The third-order valence-electron chi connectivity index (χ3n) is 3.24. The van der Waals surface area contributed by atoms with Crippen molar-refractivity contribution in [1.82, 2.24) is 14.7 Å². The van der Waals surface area contributed by atoms with Crippen molar-refractivity contribution in [2.45, 2.75) is 25.9 Å². The Hall–Kier alpha value is -2.47. The molecule has 0 saturated heterocycles. The maximum atomic E-state index is 12.1. The molecule has 6 heteroatoms. The van der Waals surface area contributed by atoms with E-state index in [9.17, 15) is 4.79 Å². The lowest BCUT2D eigenvalue weighted by atomic mass is 10.1. The Balaban J connectivity index is 2.04. The fourth-order valence-corrected chi connectivity index (χ4v) is 2.12. The molecule has 0 bridgehead atoms. The molecule has 0 unspecified atom stereocenters. The minimum Gasteiger partial charge on any atom is -0.337 e. The maximum absolute atomic E-state index is 12.1. The SMILES string of the molecule is CC(C)(N)c1noc(Cn2c(=O)ccc3ccccc32)n1. The normalized spacial score (nSPS) is 12.0. The summed E-state index contributed by atoms with van der Waals surface area (Å²) in [5.41, 5.74) is 5.97. The van der Waals surface area contributed by atoms with Gasteiger partial charge in [-0.15, -0.1) is 0 Å². The van der Waals surface area contributed by atoms with Gasteiger partial charge in [0.15, 0.2) is 5.82 Å². The van der Waals surface area contributed by atoms with E-state index in [2.05, 4.69) is 10.1 Å². The van der Waals surface area contributed by atoms with Crippen molar-refractivity contribution in [3.63, 3.8) is 0 Å². The summed E-state index contributed by atoms with van der Waals surface area (Å²) < 4.78 is 6.81. The highest BCUT2D eigenvalue weighted by Gasteiger charge is 2.21. The van der Waals surface area contributed by atoms with Gasteiger partial charge in [0.05, 0.1) is 11.1 Å². The summed E-state index contributed by atoms with van der Waals surface area (Å²) in [6, 6.07) is 11.0. The van der Waals surface area contributed by atoms with Gasteiger partial charge in [-0.05, 0) is 31.4 Å². The number of para-hydroxylation sites is 1. The Bertz CT molecular complexity index is 842. The van der Waals surface area contributed by atoms with Crippen molar-refractivity contribution in [2.24, 2.45) is 5.73 Å². The number of aromatic nitrogens is 3. The predicted octanol–water partition coefficient (Wildman–Crippen LogP) is 1.63. The van der Waals surface area contributed by atoms with Crippen LogP contribution in [0.15, 0.2) is 45.7 Å².